The lowest BCUT2D eigenvalue weighted by molar-refractivity contribution is -0.449. The maximum atomic E-state index is 12.9. The van der Waals surface area contributed by atoms with Gasteiger partial charge in [0.2, 0.25) is 18.0 Å². The normalized spacial score (nSPS) is 46.1. The molecule has 3 fully saturated rings. The van der Waals surface area contributed by atoms with Crippen molar-refractivity contribution in [1.29, 1.82) is 0 Å². The van der Waals surface area contributed by atoms with Crippen LogP contribution < -0.4 is 16.0 Å². The number of hydrogen-bond donors (Lipinski definition) is 6. The van der Waals surface area contributed by atoms with E-state index in [9.17, 15) is 20.1 Å². The number of aliphatic hydroxyl groups is 3. The van der Waals surface area contributed by atoms with Gasteiger partial charge in [-0.3, -0.25) is 4.79 Å². The number of carbonyl (C=O) groups excluding carboxylic acids is 1. The van der Waals surface area contributed by atoms with E-state index < -0.39 is 54.6 Å². The average Bonchev–Trinajstić information content (AvgIpc) is 2.80. The Morgan fingerprint density at radius 3 is 2.53 bits per heavy atom. The molecular weight excluding hydrogens is 446 g/mol. The van der Waals surface area contributed by atoms with Crippen molar-refractivity contribution in [3.63, 3.8) is 0 Å². The molecule has 11 heteroatoms. The molecule has 0 bridgehead atoms. The first-order valence-electron chi connectivity index (χ1n) is 11.8. The van der Waals surface area contributed by atoms with Crippen LogP contribution in [0, 0.1) is 5.92 Å². The molecule has 4 rings (SSSR count). The predicted octanol–water partition coefficient (Wildman–Crippen LogP) is -1.51. The molecule has 11 atom stereocenters. The van der Waals surface area contributed by atoms with Gasteiger partial charge in [0, 0.05) is 6.42 Å². The monoisotopic (exact) mass is 483 g/mol. The van der Waals surface area contributed by atoms with E-state index in [1.165, 1.54) is 0 Å². The van der Waals surface area contributed by atoms with Crippen molar-refractivity contribution in [2.24, 2.45) is 5.92 Å². The van der Waals surface area contributed by atoms with Gasteiger partial charge in [-0.05, 0) is 51.9 Å². The Balaban J connectivity index is 1.49. The third-order valence-electron chi connectivity index (χ3n) is 7.32. The molecule has 4 aliphatic rings. The van der Waals surface area contributed by atoms with E-state index in [0.717, 1.165) is 5.76 Å². The molecule has 2 heterocycles. The molecule has 2 saturated heterocycles. The number of rotatable bonds is 6. The number of methoxy groups -OCH3 is 1. The zero-order chi connectivity index (χ0) is 24.6. The van der Waals surface area contributed by atoms with E-state index in [-0.39, 0.29) is 24.3 Å². The van der Waals surface area contributed by atoms with Crippen molar-refractivity contribution in [1.82, 2.24) is 16.0 Å². The first kappa shape index (κ1) is 25.5. The smallest absolute Gasteiger partial charge is 0.239 e. The standard InChI is InChI=1S/C23H37N3O8/c1-11-9-14(26-15(27)10-12-5-7-13(31-4)8-6-12)23(30)22(32-11)33-21-19(29)16(24-2)18(28)17(25-3)20(21)34-23/h5,7-8,11-12,14,16-22,24-25,28-30H,6,9-10H2,1-4H3,(H,26,27)/t11-,12-,14?,16?,17?,18?,19+,20?,21?,22?,23?/m1/s1. The molecule has 1 amide bonds. The molecule has 34 heavy (non-hydrogen) atoms. The van der Waals surface area contributed by atoms with E-state index in [1.54, 1.807) is 21.2 Å². The van der Waals surface area contributed by atoms with Crippen molar-refractivity contribution < 1.29 is 39.1 Å². The summed E-state index contributed by atoms with van der Waals surface area (Å²) >= 11 is 0. The van der Waals surface area contributed by atoms with Gasteiger partial charge >= 0.3 is 0 Å². The molecule has 192 valence electrons. The fourth-order valence-corrected chi connectivity index (χ4v) is 5.46. The van der Waals surface area contributed by atoms with Gasteiger partial charge in [-0.1, -0.05) is 6.08 Å². The quantitative estimate of drug-likeness (QED) is 0.263. The van der Waals surface area contributed by atoms with E-state index in [1.807, 2.05) is 25.2 Å². The molecule has 6 N–H and O–H groups in total. The number of carbonyl (C=O) groups is 1. The van der Waals surface area contributed by atoms with Gasteiger partial charge < -0.3 is 50.2 Å². The second kappa shape index (κ2) is 10.2. The number of nitrogens with one attached hydrogen (secondary N) is 3. The Morgan fingerprint density at radius 1 is 1.18 bits per heavy atom. The van der Waals surface area contributed by atoms with Crippen molar-refractivity contribution in [3.8, 4) is 0 Å². The van der Waals surface area contributed by atoms with Crippen LogP contribution in [0.25, 0.3) is 0 Å². The average molecular weight is 484 g/mol. The molecule has 2 aliphatic heterocycles. The van der Waals surface area contributed by atoms with Gasteiger partial charge in [0.25, 0.3) is 0 Å². The number of allylic oxidation sites excluding steroid dienone is 3. The number of likely N-dealkylation sites (N-methyl/N-ethyl adjacent to an activating group) is 2. The van der Waals surface area contributed by atoms with Crippen LogP contribution in [0.3, 0.4) is 0 Å². The second-order valence-electron chi connectivity index (χ2n) is 9.55. The van der Waals surface area contributed by atoms with E-state index in [0.29, 0.717) is 12.8 Å². The van der Waals surface area contributed by atoms with Crippen LogP contribution in [0.1, 0.15) is 26.2 Å². The lowest BCUT2D eigenvalue weighted by atomic mass is 9.79. The summed E-state index contributed by atoms with van der Waals surface area (Å²) in [5, 5.41) is 42.0. The summed E-state index contributed by atoms with van der Waals surface area (Å²) in [4.78, 5) is 12.9. The molecule has 0 radical (unpaired) electrons. The van der Waals surface area contributed by atoms with Gasteiger partial charge in [0.15, 0.2) is 0 Å². The van der Waals surface area contributed by atoms with Crippen LogP contribution in [0.15, 0.2) is 24.0 Å². The van der Waals surface area contributed by atoms with E-state index in [4.69, 9.17) is 18.9 Å². The molecule has 0 aromatic rings. The zero-order valence-electron chi connectivity index (χ0n) is 20.0. The zero-order valence-corrected chi connectivity index (χ0v) is 20.0. The Kier molecular flexibility index (Phi) is 7.65. The number of aliphatic hydroxyl groups excluding tert-OH is 2. The minimum atomic E-state index is -1.99. The molecule has 11 nitrogen and oxygen atoms in total. The SMILES string of the molecule is CNC1C(O)C(NC)[C@H](O)C2OC3O[C@H](C)CC(NC(=O)C[C@@H]4C=CC(OC)=CC4)C3(O)OC12. The van der Waals surface area contributed by atoms with Crippen molar-refractivity contribution in [2.45, 2.75) is 86.9 Å². The van der Waals surface area contributed by atoms with Gasteiger partial charge in [0.1, 0.15) is 24.1 Å². The topological polar surface area (TPSA) is 151 Å². The Labute approximate surface area is 199 Å². The fraction of sp³-hybridized carbons (Fsp3) is 0.783. The minimum Gasteiger partial charge on any atom is -0.497 e. The lowest BCUT2D eigenvalue weighted by Crippen LogP contribution is -2.79. The van der Waals surface area contributed by atoms with Gasteiger partial charge in [-0.2, -0.15) is 0 Å². The summed E-state index contributed by atoms with van der Waals surface area (Å²) in [7, 11) is 4.91. The predicted molar refractivity (Wildman–Crippen MR) is 120 cm³/mol. The van der Waals surface area contributed by atoms with Gasteiger partial charge in [0.05, 0.1) is 37.4 Å². The third-order valence-corrected chi connectivity index (χ3v) is 7.32. The maximum Gasteiger partial charge on any atom is 0.239 e. The molecule has 0 spiro atoms. The molecular formula is C23H37N3O8. The van der Waals surface area contributed by atoms with Crippen LogP contribution in [0.5, 0.6) is 0 Å². The summed E-state index contributed by atoms with van der Waals surface area (Å²) in [6, 6.07) is -2.11. The molecule has 8 unspecified atom stereocenters. The largest absolute Gasteiger partial charge is 0.497 e. The highest BCUT2D eigenvalue weighted by molar-refractivity contribution is 5.77. The maximum absolute atomic E-state index is 12.9. The van der Waals surface area contributed by atoms with Crippen LogP contribution in [0.2, 0.25) is 0 Å². The van der Waals surface area contributed by atoms with Crippen molar-refractivity contribution >= 4 is 5.91 Å². The lowest BCUT2D eigenvalue weighted by Gasteiger charge is -2.58. The number of amides is 1. The summed E-state index contributed by atoms with van der Waals surface area (Å²) < 4.78 is 23.2. The first-order chi connectivity index (χ1) is 16.2. The van der Waals surface area contributed by atoms with Crippen LogP contribution in [0.4, 0.5) is 0 Å². The van der Waals surface area contributed by atoms with Crippen LogP contribution >= 0.6 is 0 Å². The Hall–Kier alpha value is -1.57. The first-order valence-corrected chi connectivity index (χ1v) is 11.8. The fourth-order valence-electron chi connectivity index (χ4n) is 5.46. The summed E-state index contributed by atoms with van der Waals surface area (Å²) in [6.45, 7) is 1.82. The highest BCUT2D eigenvalue weighted by Crippen LogP contribution is 2.42. The van der Waals surface area contributed by atoms with E-state index >= 15 is 0 Å². The number of ether oxygens (including phenoxy) is 4. The Bertz CT molecular complexity index is 809. The molecule has 0 aromatic heterocycles. The molecule has 0 aromatic carbocycles. The van der Waals surface area contributed by atoms with E-state index in [2.05, 4.69) is 16.0 Å². The Morgan fingerprint density at radius 2 is 1.91 bits per heavy atom. The summed E-state index contributed by atoms with van der Waals surface area (Å²) in [5.74, 6) is -1.43. The number of hydrogen-bond acceptors (Lipinski definition) is 10. The second-order valence-corrected chi connectivity index (χ2v) is 9.55. The van der Waals surface area contributed by atoms with Crippen LogP contribution in [-0.2, 0) is 23.7 Å². The number of fused-ring (bicyclic) bond motifs is 2. The van der Waals surface area contributed by atoms with Gasteiger partial charge in [-0.15, -0.1) is 0 Å². The van der Waals surface area contributed by atoms with Crippen LogP contribution in [-0.4, -0.2) is 103 Å². The van der Waals surface area contributed by atoms with Crippen molar-refractivity contribution in [3.05, 3.63) is 24.0 Å². The van der Waals surface area contributed by atoms with Gasteiger partial charge in [-0.25, -0.2) is 0 Å². The minimum absolute atomic E-state index is 0.0188. The summed E-state index contributed by atoms with van der Waals surface area (Å²) in [5.41, 5.74) is 0. The molecule has 2 aliphatic carbocycles. The highest BCUT2D eigenvalue weighted by atomic mass is 16.8. The summed E-state index contributed by atoms with van der Waals surface area (Å²) in [6.07, 6.45) is 1.55. The molecule has 1 saturated carbocycles. The van der Waals surface area contributed by atoms with Crippen molar-refractivity contribution in [2.75, 3.05) is 21.2 Å². The third kappa shape index (κ3) is 4.63. The highest BCUT2D eigenvalue weighted by Gasteiger charge is 2.63.